The van der Waals surface area contributed by atoms with E-state index in [1.54, 1.807) is 0 Å². The van der Waals surface area contributed by atoms with Crippen LogP contribution in [0.25, 0.3) is 0 Å². The molecule has 0 aliphatic heterocycles. The number of aryl methyl sites for hydroxylation is 1. The summed E-state index contributed by atoms with van der Waals surface area (Å²) in [4.78, 5) is 11.8. The summed E-state index contributed by atoms with van der Waals surface area (Å²) in [5.41, 5.74) is 2.37. The third-order valence-electron chi connectivity index (χ3n) is 3.25. The second-order valence-corrected chi connectivity index (χ2v) is 4.90. The van der Waals surface area contributed by atoms with E-state index in [1.165, 1.54) is 12.1 Å². The van der Waals surface area contributed by atoms with Crippen molar-refractivity contribution in [1.82, 2.24) is 9.88 Å². The molecule has 0 aliphatic carbocycles. The molecule has 1 aromatic heterocycles. The van der Waals surface area contributed by atoms with E-state index in [4.69, 9.17) is 0 Å². The first-order chi connectivity index (χ1) is 10.7. The van der Waals surface area contributed by atoms with Crippen molar-refractivity contribution in [2.75, 3.05) is 5.32 Å². The lowest BCUT2D eigenvalue weighted by atomic mass is 10.3. The molecule has 1 aromatic carbocycles. The van der Waals surface area contributed by atoms with Gasteiger partial charge in [0.25, 0.3) is 0 Å². The van der Waals surface area contributed by atoms with Crippen LogP contribution in [0.3, 0.4) is 0 Å². The van der Waals surface area contributed by atoms with Crippen molar-refractivity contribution in [3.63, 3.8) is 0 Å². The van der Waals surface area contributed by atoms with Gasteiger partial charge < -0.3 is 19.9 Å². The monoisotopic (exact) mass is 327 g/mol. The number of amides is 2. The minimum absolute atomic E-state index is 0.339. The number of halogens is 3. The van der Waals surface area contributed by atoms with Crippen LogP contribution in [0.1, 0.15) is 11.4 Å². The summed E-state index contributed by atoms with van der Waals surface area (Å²) in [5.74, 6) is -0.345. The van der Waals surface area contributed by atoms with Crippen LogP contribution in [0.5, 0.6) is 5.75 Å². The lowest BCUT2D eigenvalue weighted by Crippen LogP contribution is -2.28. The largest absolute Gasteiger partial charge is 0.573 e. The number of aromatic nitrogens is 1. The molecule has 0 unspecified atom stereocenters. The number of alkyl halides is 3. The molecule has 2 rings (SSSR count). The molecule has 0 saturated heterocycles. The lowest BCUT2D eigenvalue weighted by Gasteiger charge is -2.11. The highest BCUT2D eigenvalue weighted by molar-refractivity contribution is 5.89. The van der Waals surface area contributed by atoms with E-state index in [-0.39, 0.29) is 5.75 Å². The van der Waals surface area contributed by atoms with Crippen LogP contribution < -0.4 is 15.4 Å². The summed E-state index contributed by atoms with van der Waals surface area (Å²) < 4.78 is 41.8. The van der Waals surface area contributed by atoms with Crippen molar-refractivity contribution < 1.29 is 22.7 Å². The Bertz CT molecular complexity index is 678. The maximum atomic E-state index is 12.0. The van der Waals surface area contributed by atoms with Crippen LogP contribution in [0, 0.1) is 6.92 Å². The van der Waals surface area contributed by atoms with Gasteiger partial charge in [-0.1, -0.05) is 0 Å². The van der Waals surface area contributed by atoms with Gasteiger partial charge in [-0.15, -0.1) is 13.2 Å². The number of nitrogens with zero attached hydrogens (tertiary/aromatic N) is 1. The van der Waals surface area contributed by atoms with Crippen molar-refractivity contribution >= 4 is 11.7 Å². The average molecular weight is 327 g/mol. The fourth-order valence-corrected chi connectivity index (χ4v) is 1.93. The lowest BCUT2D eigenvalue weighted by molar-refractivity contribution is -0.274. The third kappa shape index (κ3) is 4.94. The Kier molecular flexibility index (Phi) is 4.83. The van der Waals surface area contributed by atoms with Gasteiger partial charge in [0.1, 0.15) is 5.75 Å². The SMILES string of the molecule is Cc1ccc(CNC(=O)Nc2ccc(OC(F)(F)F)cc2)n1C. The van der Waals surface area contributed by atoms with E-state index < -0.39 is 12.4 Å². The number of rotatable bonds is 4. The Hall–Kier alpha value is -2.64. The number of nitrogens with one attached hydrogen (secondary N) is 2. The van der Waals surface area contributed by atoms with E-state index in [0.717, 1.165) is 23.5 Å². The number of benzene rings is 1. The van der Waals surface area contributed by atoms with Gasteiger partial charge in [-0.25, -0.2) is 4.79 Å². The molecule has 0 saturated carbocycles. The zero-order valence-corrected chi connectivity index (χ0v) is 12.6. The van der Waals surface area contributed by atoms with Gasteiger partial charge in [0.15, 0.2) is 0 Å². The molecule has 2 N–H and O–H groups in total. The van der Waals surface area contributed by atoms with E-state index in [2.05, 4.69) is 15.4 Å². The van der Waals surface area contributed by atoms with Crippen LogP contribution in [0.4, 0.5) is 23.7 Å². The number of ether oxygens (including phenoxy) is 1. The van der Waals surface area contributed by atoms with Crippen molar-refractivity contribution in [3.8, 4) is 5.75 Å². The van der Waals surface area contributed by atoms with Crippen LogP contribution in [0.15, 0.2) is 36.4 Å². The molecule has 124 valence electrons. The minimum atomic E-state index is -4.74. The van der Waals surface area contributed by atoms with Crippen LogP contribution in [-0.4, -0.2) is 17.0 Å². The number of anilines is 1. The molecule has 23 heavy (non-hydrogen) atoms. The summed E-state index contributed by atoms with van der Waals surface area (Å²) in [6.45, 7) is 2.29. The standard InChI is InChI=1S/C15H16F3N3O2/c1-10-3-6-12(21(10)2)9-19-14(22)20-11-4-7-13(8-5-11)23-15(16,17)18/h3-8H,9H2,1-2H3,(H2,19,20,22). The van der Waals surface area contributed by atoms with Crippen LogP contribution >= 0.6 is 0 Å². The molecule has 8 heteroatoms. The Morgan fingerprint density at radius 1 is 1.17 bits per heavy atom. The van der Waals surface area contributed by atoms with Crippen molar-refractivity contribution in [1.29, 1.82) is 0 Å². The molecule has 0 spiro atoms. The fraction of sp³-hybridized carbons (Fsp3) is 0.267. The Morgan fingerprint density at radius 2 is 1.83 bits per heavy atom. The highest BCUT2D eigenvalue weighted by Crippen LogP contribution is 2.23. The molecule has 0 radical (unpaired) electrons. The van der Waals surface area contributed by atoms with Gasteiger partial charge in [0, 0.05) is 24.1 Å². The van der Waals surface area contributed by atoms with Crippen molar-refractivity contribution in [2.45, 2.75) is 19.8 Å². The topological polar surface area (TPSA) is 55.3 Å². The summed E-state index contributed by atoms with van der Waals surface area (Å²) in [5, 5.41) is 5.20. The second-order valence-electron chi connectivity index (χ2n) is 4.90. The zero-order chi connectivity index (χ0) is 17.0. The van der Waals surface area contributed by atoms with Gasteiger partial charge >= 0.3 is 12.4 Å². The normalized spacial score (nSPS) is 11.2. The Labute approximate surface area is 131 Å². The Balaban J connectivity index is 1.86. The number of hydrogen-bond donors (Lipinski definition) is 2. The predicted octanol–water partition coefficient (Wildman–Crippen LogP) is 3.55. The van der Waals surface area contributed by atoms with Gasteiger partial charge in [-0.05, 0) is 43.3 Å². The smallest absolute Gasteiger partial charge is 0.406 e. The molecule has 0 bridgehead atoms. The molecular formula is C15H16F3N3O2. The number of hydrogen-bond acceptors (Lipinski definition) is 2. The van der Waals surface area contributed by atoms with Gasteiger partial charge in [0.2, 0.25) is 0 Å². The average Bonchev–Trinajstić information content (AvgIpc) is 2.77. The number of carbonyl (C=O) groups is 1. The number of carbonyl (C=O) groups excluding carboxylic acids is 1. The highest BCUT2D eigenvalue weighted by Gasteiger charge is 2.30. The molecule has 2 amide bonds. The molecule has 0 atom stereocenters. The maximum Gasteiger partial charge on any atom is 0.573 e. The number of urea groups is 1. The molecule has 0 fully saturated rings. The molecule has 0 aliphatic rings. The molecule has 1 heterocycles. The maximum absolute atomic E-state index is 12.0. The molecule has 5 nitrogen and oxygen atoms in total. The first-order valence-electron chi connectivity index (χ1n) is 6.76. The summed E-state index contributed by atoms with van der Waals surface area (Å²) in [6, 6.07) is 8.30. The fourth-order valence-electron chi connectivity index (χ4n) is 1.93. The van der Waals surface area contributed by atoms with E-state index >= 15 is 0 Å². The summed E-state index contributed by atoms with van der Waals surface area (Å²) in [7, 11) is 1.89. The first-order valence-corrected chi connectivity index (χ1v) is 6.76. The van der Waals surface area contributed by atoms with Crippen LogP contribution in [-0.2, 0) is 13.6 Å². The highest BCUT2D eigenvalue weighted by atomic mass is 19.4. The molecule has 2 aromatic rings. The van der Waals surface area contributed by atoms with E-state index in [1.807, 2.05) is 30.7 Å². The summed E-state index contributed by atoms with van der Waals surface area (Å²) >= 11 is 0. The van der Waals surface area contributed by atoms with Gasteiger partial charge in [-0.3, -0.25) is 0 Å². The minimum Gasteiger partial charge on any atom is -0.406 e. The van der Waals surface area contributed by atoms with Crippen molar-refractivity contribution in [2.24, 2.45) is 7.05 Å². The Morgan fingerprint density at radius 3 is 2.35 bits per heavy atom. The van der Waals surface area contributed by atoms with E-state index in [0.29, 0.717) is 12.2 Å². The van der Waals surface area contributed by atoms with Crippen LogP contribution in [0.2, 0.25) is 0 Å². The van der Waals surface area contributed by atoms with Crippen molar-refractivity contribution in [3.05, 3.63) is 47.8 Å². The zero-order valence-electron chi connectivity index (χ0n) is 12.6. The predicted molar refractivity (Wildman–Crippen MR) is 79.1 cm³/mol. The third-order valence-corrected chi connectivity index (χ3v) is 3.25. The van der Waals surface area contributed by atoms with Gasteiger partial charge in [0.05, 0.1) is 6.54 Å². The van der Waals surface area contributed by atoms with E-state index in [9.17, 15) is 18.0 Å². The first kappa shape index (κ1) is 16.7. The quantitative estimate of drug-likeness (QED) is 0.902. The summed E-state index contributed by atoms with van der Waals surface area (Å²) in [6.07, 6.45) is -4.74. The molecular weight excluding hydrogens is 311 g/mol. The van der Waals surface area contributed by atoms with Gasteiger partial charge in [-0.2, -0.15) is 0 Å². The second kappa shape index (κ2) is 6.64.